The molecule has 0 spiro atoms. The number of anilines is 1. The van der Waals surface area contributed by atoms with Crippen LogP contribution in [-0.4, -0.2) is 17.4 Å². The number of pyridine rings is 1. The van der Waals surface area contributed by atoms with Gasteiger partial charge >= 0.3 is 0 Å². The second-order valence-electron chi connectivity index (χ2n) is 4.20. The zero-order chi connectivity index (χ0) is 12.1. The zero-order valence-electron chi connectivity index (χ0n) is 9.78. The minimum Gasteiger partial charge on any atom is -0.369 e. The second kappa shape index (κ2) is 5.48. The first-order valence-electron chi connectivity index (χ1n) is 5.94. The maximum absolute atomic E-state index is 11.2. The first-order chi connectivity index (χ1) is 8.27. The number of nitrogens with zero attached hydrogens (tertiary/aromatic N) is 1. The maximum Gasteiger partial charge on any atom is 0.252 e. The van der Waals surface area contributed by atoms with Gasteiger partial charge in [0.25, 0.3) is 5.91 Å². The van der Waals surface area contributed by atoms with Crippen LogP contribution in [-0.2, 0) is 0 Å². The molecule has 4 nitrogen and oxygen atoms in total. The molecule has 1 aliphatic carbocycles. The van der Waals surface area contributed by atoms with E-state index in [2.05, 4.69) is 16.4 Å². The lowest BCUT2D eigenvalue weighted by Gasteiger charge is -2.08. The van der Waals surface area contributed by atoms with E-state index < -0.39 is 5.91 Å². The van der Waals surface area contributed by atoms with E-state index in [0.717, 1.165) is 13.0 Å². The minimum absolute atomic E-state index is 0.444. The van der Waals surface area contributed by atoms with Crippen molar-refractivity contribution in [1.29, 1.82) is 0 Å². The van der Waals surface area contributed by atoms with Crippen LogP contribution >= 0.6 is 0 Å². The van der Waals surface area contributed by atoms with E-state index in [9.17, 15) is 4.79 Å². The molecule has 1 amide bonds. The number of nitrogens with one attached hydrogen (secondary N) is 1. The van der Waals surface area contributed by atoms with Gasteiger partial charge in [0.2, 0.25) is 0 Å². The lowest BCUT2D eigenvalue weighted by Crippen LogP contribution is -2.16. The first kappa shape index (κ1) is 11.6. The van der Waals surface area contributed by atoms with Crippen molar-refractivity contribution in [2.75, 3.05) is 11.9 Å². The third-order valence-electron chi connectivity index (χ3n) is 2.95. The summed E-state index contributed by atoms with van der Waals surface area (Å²) in [5, 5.41) is 3.17. The fourth-order valence-electron chi connectivity index (χ4n) is 2.05. The molecule has 0 atom stereocenters. The largest absolute Gasteiger partial charge is 0.369 e. The summed E-state index contributed by atoms with van der Waals surface area (Å²) >= 11 is 0. The molecule has 4 heteroatoms. The average molecular weight is 231 g/mol. The van der Waals surface area contributed by atoms with Crippen molar-refractivity contribution in [3.05, 3.63) is 35.5 Å². The number of allylic oxidation sites excluding steroid dienone is 1. The van der Waals surface area contributed by atoms with E-state index >= 15 is 0 Å². The molecular weight excluding hydrogens is 214 g/mol. The van der Waals surface area contributed by atoms with Gasteiger partial charge in [0.15, 0.2) is 0 Å². The zero-order valence-corrected chi connectivity index (χ0v) is 9.78. The summed E-state index contributed by atoms with van der Waals surface area (Å²) in [6, 6.07) is 3.40. The molecule has 0 aliphatic heterocycles. The Labute approximate surface area is 101 Å². The fraction of sp³-hybridized carbons (Fsp3) is 0.385. The molecule has 1 aromatic heterocycles. The van der Waals surface area contributed by atoms with Crippen LogP contribution in [0.4, 0.5) is 5.82 Å². The topological polar surface area (TPSA) is 68.0 Å². The van der Waals surface area contributed by atoms with Gasteiger partial charge in [0.1, 0.15) is 5.82 Å². The molecule has 1 aliphatic rings. The number of rotatable bonds is 5. The molecule has 0 unspecified atom stereocenters. The van der Waals surface area contributed by atoms with E-state index in [1.807, 2.05) is 0 Å². The second-order valence-corrected chi connectivity index (χ2v) is 4.20. The quantitative estimate of drug-likeness (QED) is 0.762. The molecule has 2 rings (SSSR count). The van der Waals surface area contributed by atoms with Crippen LogP contribution in [0.3, 0.4) is 0 Å². The van der Waals surface area contributed by atoms with Crippen molar-refractivity contribution in [1.82, 2.24) is 4.98 Å². The highest BCUT2D eigenvalue weighted by atomic mass is 16.1. The molecule has 0 aromatic carbocycles. The summed E-state index contributed by atoms with van der Waals surface area (Å²) in [7, 11) is 0. The molecule has 0 bridgehead atoms. The van der Waals surface area contributed by atoms with Gasteiger partial charge in [0.05, 0.1) is 5.56 Å². The number of aromatic nitrogens is 1. The molecule has 1 aromatic rings. The van der Waals surface area contributed by atoms with Crippen LogP contribution in [0.5, 0.6) is 0 Å². The molecule has 0 saturated carbocycles. The Balaban J connectivity index is 1.92. The molecule has 0 fully saturated rings. The normalized spacial score (nSPS) is 14.5. The highest BCUT2D eigenvalue weighted by Crippen LogP contribution is 2.20. The number of hydrogen-bond donors (Lipinski definition) is 2. The highest BCUT2D eigenvalue weighted by Gasteiger charge is 2.09. The number of primary amides is 1. The molecule has 90 valence electrons. The Hall–Kier alpha value is -1.84. The van der Waals surface area contributed by atoms with Gasteiger partial charge in [-0.15, -0.1) is 0 Å². The van der Waals surface area contributed by atoms with E-state index in [-0.39, 0.29) is 0 Å². The van der Waals surface area contributed by atoms with Crippen LogP contribution in [0, 0.1) is 0 Å². The lowest BCUT2D eigenvalue weighted by molar-refractivity contribution is 0.100. The Morgan fingerprint density at radius 1 is 1.53 bits per heavy atom. The van der Waals surface area contributed by atoms with Crippen molar-refractivity contribution in [2.24, 2.45) is 5.73 Å². The molecule has 17 heavy (non-hydrogen) atoms. The number of carbonyl (C=O) groups is 1. The Bertz CT molecular complexity index is 440. The number of hydrogen-bond acceptors (Lipinski definition) is 3. The Kier molecular flexibility index (Phi) is 3.75. The van der Waals surface area contributed by atoms with E-state index in [1.165, 1.54) is 24.8 Å². The third kappa shape index (κ3) is 3.06. The Morgan fingerprint density at radius 2 is 2.41 bits per heavy atom. The number of nitrogens with two attached hydrogens (primary N) is 1. The lowest BCUT2D eigenvalue weighted by atomic mass is 10.1. The molecule has 1 heterocycles. The molecule has 0 radical (unpaired) electrons. The van der Waals surface area contributed by atoms with Gasteiger partial charge in [-0.1, -0.05) is 11.6 Å². The van der Waals surface area contributed by atoms with E-state index in [0.29, 0.717) is 11.4 Å². The smallest absolute Gasteiger partial charge is 0.252 e. The fourth-order valence-corrected chi connectivity index (χ4v) is 2.05. The van der Waals surface area contributed by atoms with Crippen LogP contribution in [0.1, 0.15) is 36.0 Å². The number of carbonyl (C=O) groups excluding carboxylic acids is 1. The monoisotopic (exact) mass is 231 g/mol. The predicted octanol–water partition coefficient (Wildman–Crippen LogP) is 2.09. The molecule has 3 N–H and O–H groups in total. The van der Waals surface area contributed by atoms with Gasteiger partial charge < -0.3 is 11.1 Å². The first-order valence-corrected chi connectivity index (χ1v) is 5.94. The molecular formula is C13H17N3O. The van der Waals surface area contributed by atoms with Gasteiger partial charge in [-0.3, -0.25) is 4.79 Å². The van der Waals surface area contributed by atoms with E-state index in [4.69, 9.17) is 5.73 Å². The highest BCUT2D eigenvalue weighted by molar-refractivity contribution is 5.97. The summed E-state index contributed by atoms with van der Waals surface area (Å²) in [6.07, 6.45) is 8.64. The summed E-state index contributed by atoms with van der Waals surface area (Å²) < 4.78 is 0. The van der Waals surface area contributed by atoms with Gasteiger partial charge in [0, 0.05) is 12.7 Å². The van der Waals surface area contributed by atoms with Crippen LogP contribution < -0.4 is 11.1 Å². The van der Waals surface area contributed by atoms with Crippen molar-refractivity contribution < 1.29 is 4.79 Å². The molecule has 0 saturated heterocycles. The predicted molar refractivity (Wildman–Crippen MR) is 67.8 cm³/mol. The number of amides is 1. The standard InChI is InChI=1S/C13H17N3O/c14-12(17)11-6-3-8-15-13(11)16-9-7-10-4-1-2-5-10/h3-4,6,8H,1-2,5,7,9H2,(H2,14,17)(H,15,16). The minimum atomic E-state index is -0.444. The third-order valence-corrected chi connectivity index (χ3v) is 2.95. The van der Waals surface area contributed by atoms with Gasteiger partial charge in [-0.25, -0.2) is 4.98 Å². The van der Waals surface area contributed by atoms with Crippen molar-refractivity contribution in [3.63, 3.8) is 0 Å². The van der Waals surface area contributed by atoms with Crippen molar-refractivity contribution >= 4 is 11.7 Å². The van der Waals surface area contributed by atoms with Crippen molar-refractivity contribution in [3.8, 4) is 0 Å². The van der Waals surface area contributed by atoms with Gasteiger partial charge in [-0.2, -0.15) is 0 Å². The summed E-state index contributed by atoms with van der Waals surface area (Å²) in [5.74, 6) is 0.138. The van der Waals surface area contributed by atoms with Crippen molar-refractivity contribution in [2.45, 2.75) is 25.7 Å². The van der Waals surface area contributed by atoms with Crippen LogP contribution in [0.15, 0.2) is 30.0 Å². The SMILES string of the molecule is NC(=O)c1cccnc1NCCC1=CCCC1. The summed E-state index contributed by atoms with van der Waals surface area (Å²) in [5.41, 5.74) is 7.22. The Morgan fingerprint density at radius 3 is 3.12 bits per heavy atom. The van der Waals surface area contributed by atoms with Gasteiger partial charge in [-0.05, 0) is 37.8 Å². The maximum atomic E-state index is 11.2. The summed E-state index contributed by atoms with van der Waals surface area (Å²) in [4.78, 5) is 15.3. The van der Waals surface area contributed by atoms with Crippen LogP contribution in [0.2, 0.25) is 0 Å². The van der Waals surface area contributed by atoms with Crippen LogP contribution in [0.25, 0.3) is 0 Å². The summed E-state index contributed by atoms with van der Waals surface area (Å²) in [6.45, 7) is 0.795. The average Bonchev–Trinajstić information content (AvgIpc) is 2.82. The van der Waals surface area contributed by atoms with E-state index in [1.54, 1.807) is 18.3 Å².